The van der Waals surface area contributed by atoms with Crippen LogP contribution in [-0.2, 0) is 16.9 Å². The summed E-state index contributed by atoms with van der Waals surface area (Å²) < 4.78 is 21.8. The minimum Gasteiger partial charge on any atom is -0.476 e. The molecular weight excluding hydrogens is 437 g/mol. The van der Waals surface area contributed by atoms with E-state index in [9.17, 15) is 14.3 Å². The minimum absolute atomic E-state index is 0.0707. The van der Waals surface area contributed by atoms with E-state index in [1.54, 1.807) is 51.4 Å². The van der Waals surface area contributed by atoms with Gasteiger partial charge in [0, 0.05) is 18.0 Å². The number of rotatable bonds is 4. The molecule has 34 heavy (non-hydrogen) atoms. The summed E-state index contributed by atoms with van der Waals surface area (Å²) >= 11 is 0. The molecule has 0 fully saturated rings. The highest BCUT2D eigenvalue weighted by atomic mass is 19.1. The van der Waals surface area contributed by atoms with Crippen molar-refractivity contribution in [2.75, 3.05) is 4.90 Å². The van der Waals surface area contributed by atoms with Gasteiger partial charge < -0.3 is 9.84 Å². The molecule has 1 N–H and O–H groups in total. The first-order valence-electron chi connectivity index (χ1n) is 10.9. The number of hydrogen-bond acceptors (Lipinski definition) is 6. The van der Waals surface area contributed by atoms with Gasteiger partial charge in [-0.2, -0.15) is 0 Å². The lowest BCUT2D eigenvalue weighted by atomic mass is 10.0. The van der Waals surface area contributed by atoms with Crippen LogP contribution >= 0.6 is 0 Å². The summed E-state index contributed by atoms with van der Waals surface area (Å²) in [6.45, 7) is 7.02. The number of pyridine rings is 1. The van der Waals surface area contributed by atoms with Gasteiger partial charge in [0.05, 0.1) is 41.2 Å². The number of fused-ring (bicyclic) bond motifs is 2. The number of benzene rings is 1. The fraction of sp³-hybridized carbons (Fsp3) is 0.280. The van der Waals surface area contributed by atoms with E-state index in [4.69, 9.17) is 4.74 Å². The molecule has 0 spiro atoms. The molecule has 1 aromatic carbocycles. The number of para-hydroxylation sites is 1. The summed E-state index contributed by atoms with van der Waals surface area (Å²) in [5.74, 6) is -0.695. The maximum Gasteiger partial charge on any atom is 0.268 e. The molecule has 0 unspecified atom stereocenters. The number of aryl methyl sites for hydroxylation is 1. The first-order chi connectivity index (χ1) is 16.1. The van der Waals surface area contributed by atoms with Crippen LogP contribution in [0.2, 0.25) is 0 Å². The number of amides is 1. The predicted octanol–water partition coefficient (Wildman–Crippen LogP) is 3.78. The molecule has 4 heterocycles. The normalized spacial score (nSPS) is 16.0. The molecule has 0 saturated heterocycles. The smallest absolute Gasteiger partial charge is 0.268 e. The maximum atomic E-state index is 14.4. The van der Waals surface area contributed by atoms with Gasteiger partial charge >= 0.3 is 0 Å². The van der Waals surface area contributed by atoms with E-state index >= 15 is 0 Å². The Morgan fingerprint density at radius 1 is 1.18 bits per heavy atom. The lowest BCUT2D eigenvalue weighted by molar-refractivity contribution is -0.125. The third-order valence-corrected chi connectivity index (χ3v) is 5.95. The molecular formula is C25H24FN5O3. The zero-order valence-electron chi connectivity index (χ0n) is 19.3. The van der Waals surface area contributed by atoms with Crippen LogP contribution in [-0.4, -0.2) is 36.5 Å². The molecule has 1 aliphatic rings. The number of anilines is 1. The summed E-state index contributed by atoms with van der Waals surface area (Å²) in [7, 11) is 0. The molecule has 4 aromatic rings. The van der Waals surface area contributed by atoms with E-state index in [2.05, 4.69) is 15.0 Å². The van der Waals surface area contributed by atoms with Crippen molar-refractivity contribution in [1.82, 2.24) is 19.4 Å². The van der Waals surface area contributed by atoms with Gasteiger partial charge in [-0.1, -0.05) is 6.07 Å². The number of carbonyl (C=O) groups excluding carboxylic acids is 1. The van der Waals surface area contributed by atoms with Crippen LogP contribution in [0.15, 0.2) is 48.9 Å². The van der Waals surface area contributed by atoms with Crippen LogP contribution in [0.3, 0.4) is 0 Å². The lowest BCUT2D eigenvalue weighted by Gasteiger charge is -2.33. The van der Waals surface area contributed by atoms with Crippen molar-refractivity contribution >= 4 is 17.2 Å². The van der Waals surface area contributed by atoms with Gasteiger partial charge in [-0.3, -0.25) is 24.1 Å². The van der Waals surface area contributed by atoms with E-state index in [1.807, 2.05) is 23.6 Å². The van der Waals surface area contributed by atoms with Gasteiger partial charge in [0.1, 0.15) is 5.60 Å². The van der Waals surface area contributed by atoms with Crippen molar-refractivity contribution in [1.29, 1.82) is 0 Å². The van der Waals surface area contributed by atoms with Gasteiger partial charge in [0.25, 0.3) is 5.91 Å². The molecule has 0 bridgehead atoms. The molecule has 9 heteroatoms. The van der Waals surface area contributed by atoms with Gasteiger partial charge in [-0.25, -0.2) is 9.37 Å². The van der Waals surface area contributed by atoms with E-state index in [-0.39, 0.29) is 18.2 Å². The van der Waals surface area contributed by atoms with Gasteiger partial charge in [-0.15, -0.1) is 0 Å². The second-order valence-electron chi connectivity index (χ2n) is 8.91. The predicted molar refractivity (Wildman–Crippen MR) is 124 cm³/mol. The van der Waals surface area contributed by atoms with Gasteiger partial charge in [0.2, 0.25) is 0 Å². The van der Waals surface area contributed by atoms with Crippen LogP contribution < -0.4 is 9.64 Å². The van der Waals surface area contributed by atoms with Gasteiger partial charge in [-0.05, 0) is 52.0 Å². The molecule has 8 nitrogen and oxygen atoms in total. The summed E-state index contributed by atoms with van der Waals surface area (Å²) in [5.41, 5.74) is 3.48. The average Bonchev–Trinajstić information content (AvgIpc) is 3.11. The Morgan fingerprint density at radius 2 is 1.97 bits per heavy atom. The minimum atomic E-state index is -1.04. The lowest BCUT2D eigenvalue weighted by Crippen LogP contribution is -2.44. The zero-order chi connectivity index (χ0) is 24.2. The first-order valence-corrected chi connectivity index (χ1v) is 10.9. The molecule has 5 rings (SSSR count). The van der Waals surface area contributed by atoms with E-state index in [0.717, 1.165) is 17.0 Å². The summed E-state index contributed by atoms with van der Waals surface area (Å²) in [6.07, 6.45) is 4.36. The highest BCUT2D eigenvalue weighted by Crippen LogP contribution is 2.37. The fourth-order valence-corrected chi connectivity index (χ4v) is 4.07. The number of nitrogens with zero attached hydrogens (tertiary/aromatic N) is 5. The van der Waals surface area contributed by atoms with Crippen LogP contribution in [0.4, 0.5) is 10.1 Å². The van der Waals surface area contributed by atoms with Crippen molar-refractivity contribution in [3.8, 4) is 17.0 Å². The Labute approximate surface area is 195 Å². The van der Waals surface area contributed by atoms with Crippen molar-refractivity contribution in [3.05, 3.63) is 71.8 Å². The Balaban J connectivity index is 1.56. The van der Waals surface area contributed by atoms with Crippen LogP contribution in [0, 0.1) is 12.7 Å². The number of ether oxygens (including phenoxy) is 1. The van der Waals surface area contributed by atoms with Crippen molar-refractivity contribution < 1.29 is 19.0 Å². The third-order valence-electron chi connectivity index (χ3n) is 5.95. The maximum absolute atomic E-state index is 14.4. The number of halogens is 1. The molecule has 0 saturated carbocycles. The molecule has 1 amide bonds. The van der Waals surface area contributed by atoms with Crippen LogP contribution in [0.25, 0.3) is 16.9 Å². The Kier molecular flexibility index (Phi) is 5.09. The monoisotopic (exact) mass is 461 g/mol. The number of aromatic nitrogens is 4. The molecule has 1 atom stereocenters. The summed E-state index contributed by atoms with van der Waals surface area (Å²) in [5, 5.41) is 10.2. The fourth-order valence-electron chi connectivity index (χ4n) is 4.07. The number of hydrogen-bond donors (Lipinski definition) is 1. The van der Waals surface area contributed by atoms with Crippen LogP contribution in [0.5, 0.6) is 5.75 Å². The molecule has 1 aliphatic heterocycles. The SMILES string of the molecule is Cc1nc2cnc(-c3ccc(C(C)(C)O)nc3)cn2c1CN1C(=O)[C@@H](C)Oc2c(F)cccc21. The van der Waals surface area contributed by atoms with E-state index in [1.165, 1.54) is 11.0 Å². The Hall–Kier alpha value is -3.85. The Morgan fingerprint density at radius 3 is 2.68 bits per heavy atom. The quantitative estimate of drug-likeness (QED) is 0.497. The zero-order valence-corrected chi connectivity index (χ0v) is 19.3. The second kappa shape index (κ2) is 7.88. The van der Waals surface area contributed by atoms with E-state index < -0.39 is 17.5 Å². The Bertz CT molecular complexity index is 1410. The van der Waals surface area contributed by atoms with Crippen molar-refractivity contribution in [3.63, 3.8) is 0 Å². The van der Waals surface area contributed by atoms with E-state index in [0.29, 0.717) is 22.7 Å². The van der Waals surface area contributed by atoms with Gasteiger partial charge in [0.15, 0.2) is 23.3 Å². The average molecular weight is 461 g/mol. The number of carbonyl (C=O) groups is 1. The highest BCUT2D eigenvalue weighted by Gasteiger charge is 2.34. The van der Waals surface area contributed by atoms with Crippen LogP contribution in [0.1, 0.15) is 37.9 Å². The summed E-state index contributed by atoms with van der Waals surface area (Å²) in [4.78, 5) is 28.0. The number of aliphatic hydroxyl groups is 1. The largest absolute Gasteiger partial charge is 0.476 e. The van der Waals surface area contributed by atoms with Crippen molar-refractivity contribution in [2.24, 2.45) is 0 Å². The molecule has 174 valence electrons. The second-order valence-corrected chi connectivity index (χ2v) is 8.91. The summed E-state index contributed by atoms with van der Waals surface area (Å²) in [6, 6.07) is 8.16. The number of imidazole rings is 1. The third kappa shape index (κ3) is 3.67. The standard InChI is InChI=1S/C25H24FN5O3/c1-14-20(13-31-19-7-5-6-17(26)23(19)34-15(2)24(31)32)30-12-18(27-11-22(30)29-14)16-8-9-21(28-10-16)25(3,4)33/h5-12,15,33H,13H2,1-4H3/t15-/m1/s1. The topological polar surface area (TPSA) is 92.9 Å². The molecule has 3 aromatic heterocycles. The highest BCUT2D eigenvalue weighted by molar-refractivity contribution is 5.99. The van der Waals surface area contributed by atoms with Crippen molar-refractivity contribution in [2.45, 2.75) is 45.9 Å². The first kappa shape index (κ1) is 22.0. The molecule has 0 aliphatic carbocycles. The molecule has 0 radical (unpaired) electrons.